The van der Waals surface area contributed by atoms with Crippen molar-refractivity contribution >= 4 is 52.6 Å². The van der Waals surface area contributed by atoms with Crippen LogP contribution in [0.3, 0.4) is 0 Å². The summed E-state index contributed by atoms with van der Waals surface area (Å²) < 4.78 is 5.08. The van der Waals surface area contributed by atoms with Crippen LogP contribution in [0.4, 0.5) is 5.69 Å². The molecule has 2 bridgehead atoms. The third-order valence-corrected chi connectivity index (χ3v) is 8.24. The number of anilines is 1. The van der Waals surface area contributed by atoms with Gasteiger partial charge in [0, 0.05) is 11.8 Å². The molecular formula is C28H20Cl2N2O5. The van der Waals surface area contributed by atoms with Crippen molar-refractivity contribution in [2.24, 2.45) is 11.8 Å². The Morgan fingerprint density at radius 2 is 1.30 bits per heavy atom. The molecule has 1 fully saturated rings. The predicted octanol–water partition coefficient (Wildman–Crippen LogP) is 4.37. The van der Waals surface area contributed by atoms with E-state index in [2.05, 4.69) is 5.32 Å². The molecule has 3 aromatic rings. The molecule has 2 atom stereocenters. The molecule has 1 aliphatic heterocycles. The van der Waals surface area contributed by atoms with Gasteiger partial charge in [0.2, 0.25) is 11.8 Å². The summed E-state index contributed by atoms with van der Waals surface area (Å²) >= 11 is 12.0. The predicted molar refractivity (Wildman–Crippen MR) is 136 cm³/mol. The topological polar surface area (TPSA) is 92.8 Å². The van der Waals surface area contributed by atoms with Gasteiger partial charge in [-0.15, -0.1) is 0 Å². The van der Waals surface area contributed by atoms with Crippen LogP contribution in [-0.4, -0.2) is 41.7 Å². The largest absolute Gasteiger partial charge is 0.454 e. The van der Waals surface area contributed by atoms with Crippen LogP contribution in [0.1, 0.15) is 34.1 Å². The summed E-state index contributed by atoms with van der Waals surface area (Å²) in [5, 5.41) is 2.95. The SMILES string of the molecule is O=C(COC(=O)CN1C(=O)[C@@H]2C3c4ccccc4C(c4ccccc43)[C@H]2C1=O)Nc1cccc(Cl)c1Cl. The molecule has 4 aliphatic rings. The lowest BCUT2D eigenvalue weighted by atomic mass is 9.55. The van der Waals surface area contributed by atoms with Crippen molar-refractivity contribution in [3.63, 3.8) is 0 Å². The van der Waals surface area contributed by atoms with Crippen LogP contribution >= 0.6 is 23.2 Å². The normalized spacial score (nSPS) is 22.8. The number of halogens is 2. The van der Waals surface area contributed by atoms with Crippen molar-refractivity contribution < 1.29 is 23.9 Å². The lowest BCUT2D eigenvalue weighted by molar-refractivity contribution is -0.154. The standard InChI is InChI=1S/C28H20Cl2N2O5/c29-18-10-5-11-19(26(18)30)31-20(33)13-37-21(34)12-32-27(35)24-22-14-6-1-2-7-15(14)23(25(24)28(32)36)17-9-4-3-8-16(17)22/h1-11,22-25H,12-13H2,(H,31,33)/t22?,23?,24-,25-/m1/s1. The van der Waals surface area contributed by atoms with E-state index in [9.17, 15) is 19.2 Å². The van der Waals surface area contributed by atoms with E-state index in [1.807, 2.05) is 48.5 Å². The molecule has 0 unspecified atom stereocenters. The van der Waals surface area contributed by atoms with E-state index in [0.717, 1.165) is 27.2 Å². The maximum atomic E-state index is 13.5. The average molecular weight is 535 g/mol. The van der Waals surface area contributed by atoms with Crippen molar-refractivity contribution in [3.8, 4) is 0 Å². The molecule has 7 nitrogen and oxygen atoms in total. The highest BCUT2D eigenvalue weighted by Gasteiger charge is 2.61. The molecule has 1 saturated heterocycles. The molecule has 186 valence electrons. The van der Waals surface area contributed by atoms with E-state index in [1.54, 1.807) is 18.2 Å². The minimum atomic E-state index is -0.852. The number of nitrogens with zero attached hydrogens (tertiary/aromatic N) is 1. The van der Waals surface area contributed by atoms with Gasteiger partial charge in [-0.05, 0) is 34.4 Å². The van der Waals surface area contributed by atoms with Crippen LogP contribution in [0.25, 0.3) is 0 Å². The Balaban J connectivity index is 1.18. The first-order chi connectivity index (χ1) is 17.9. The molecule has 0 spiro atoms. The summed E-state index contributed by atoms with van der Waals surface area (Å²) in [7, 11) is 0. The van der Waals surface area contributed by atoms with Gasteiger partial charge in [0.15, 0.2) is 6.61 Å². The molecule has 7 rings (SSSR count). The molecule has 3 aliphatic carbocycles. The number of hydrogen-bond donors (Lipinski definition) is 1. The summed E-state index contributed by atoms with van der Waals surface area (Å²) in [5.41, 5.74) is 4.48. The van der Waals surface area contributed by atoms with Crippen LogP contribution in [-0.2, 0) is 23.9 Å². The number of esters is 1. The van der Waals surface area contributed by atoms with Crippen LogP contribution < -0.4 is 5.32 Å². The van der Waals surface area contributed by atoms with Gasteiger partial charge in [-0.2, -0.15) is 0 Å². The second-order valence-corrected chi connectivity index (χ2v) is 10.1. The number of amides is 3. The fourth-order valence-corrected chi connectivity index (χ4v) is 6.35. The molecule has 9 heteroatoms. The van der Waals surface area contributed by atoms with Crippen molar-refractivity contribution in [1.82, 2.24) is 4.90 Å². The molecule has 3 aromatic carbocycles. The maximum Gasteiger partial charge on any atom is 0.326 e. The van der Waals surface area contributed by atoms with Gasteiger partial charge in [-0.1, -0.05) is 77.8 Å². The van der Waals surface area contributed by atoms with Gasteiger partial charge in [0.05, 0.1) is 27.6 Å². The summed E-state index contributed by atoms with van der Waals surface area (Å²) in [6.07, 6.45) is 0. The van der Waals surface area contributed by atoms with Crippen LogP contribution in [0.5, 0.6) is 0 Å². The summed E-state index contributed by atoms with van der Waals surface area (Å²) in [6.45, 7) is -1.16. The summed E-state index contributed by atoms with van der Waals surface area (Å²) in [6, 6.07) is 20.6. The Kier molecular flexibility index (Phi) is 5.77. The van der Waals surface area contributed by atoms with Gasteiger partial charge in [-0.25, -0.2) is 0 Å². The lowest BCUT2D eigenvalue weighted by Gasteiger charge is -2.45. The Morgan fingerprint density at radius 3 is 1.81 bits per heavy atom. The summed E-state index contributed by atoms with van der Waals surface area (Å²) in [4.78, 5) is 52.9. The number of carbonyl (C=O) groups is 4. The Bertz CT molecular complexity index is 1370. The zero-order chi connectivity index (χ0) is 25.8. The highest BCUT2D eigenvalue weighted by molar-refractivity contribution is 6.44. The molecule has 1 N–H and O–H groups in total. The number of hydrogen-bond acceptors (Lipinski definition) is 5. The fourth-order valence-electron chi connectivity index (χ4n) is 6.00. The van der Waals surface area contributed by atoms with E-state index in [-0.39, 0.29) is 39.4 Å². The van der Waals surface area contributed by atoms with Crippen LogP contribution in [0.15, 0.2) is 66.7 Å². The lowest BCUT2D eigenvalue weighted by Crippen LogP contribution is -2.41. The molecule has 3 amide bonds. The number of imide groups is 1. The first kappa shape index (κ1) is 23.7. The van der Waals surface area contributed by atoms with Crippen molar-refractivity contribution in [1.29, 1.82) is 0 Å². The average Bonchev–Trinajstić information content (AvgIpc) is 3.15. The van der Waals surface area contributed by atoms with E-state index < -0.39 is 36.9 Å². The molecule has 0 saturated carbocycles. The zero-order valence-electron chi connectivity index (χ0n) is 19.3. The third-order valence-electron chi connectivity index (χ3n) is 7.42. The second kappa shape index (κ2) is 9.01. The molecule has 0 radical (unpaired) electrons. The number of nitrogens with one attached hydrogen (secondary N) is 1. The van der Waals surface area contributed by atoms with E-state index in [0.29, 0.717) is 0 Å². The molecule has 1 heterocycles. The van der Waals surface area contributed by atoms with E-state index >= 15 is 0 Å². The van der Waals surface area contributed by atoms with E-state index in [4.69, 9.17) is 27.9 Å². The van der Waals surface area contributed by atoms with Crippen molar-refractivity contribution in [2.45, 2.75) is 11.8 Å². The van der Waals surface area contributed by atoms with Gasteiger partial charge >= 0.3 is 5.97 Å². The van der Waals surface area contributed by atoms with Gasteiger partial charge < -0.3 is 10.1 Å². The Morgan fingerprint density at radius 1 is 0.784 bits per heavy atom. The summed E-state index contributed by atoms with van der Waals surface area (Å²) in [5.74, 6) is -3.93. The zero-order valence-corrected chi connectivity index (χ0v) is 20.8. The number of likely N-dealkylation sites (tertiary alicyclic amines) is 1. The number of rotatable bonds is 5. The third kappa shape index (κ3) is 3.72. The molecule has 0 aromatic heterocycles. The quantitative estimate of drug-likeness (QED) is 0.387. The van der Waals surface area contributed by atoms with Gasteiger partial charge in [0.25, 0.3) is 5.91 Å². The number of ether oxygens (including phenoxy) is 1. The van der Waals surface area contributed by atoms with Crippen molar-refractivity contribution in [2.75, 3.05) is 18.5 Å². The minimum Gasteiger partial charge on any atom is -0.454 e. The highest BCUT2D eigenvalue weighted by atomic mass is 35.5. The Hall–Kier alpha value is -3.68. The van der Waals surface area contributed by atoms with Crippen LogP contribution in [0.2, 0.25) is 10.0 Å². The number of benzene rings is 3. The Labute approximate surface area is 222 Å². The number of carbonyl (C=O) groups excluding carboxylic acids is 4. The fraction of sp³-hybridized carbons (Fsp3) is 0.214. The molecule has 37 heavy (non-hydrogen) atoms. The smallest absolute Gasteiger partial charge is 0.326 e. The van der Waals surface area contributed by atoms with Gasteiger partial charge in [0.1, 0.15) is 6.54 Å². The van der Waals surface area contributed by atoms with Crippen molar-refractivity contribution in [3.05, 3.63) is 99.0 Å². The molecular weight excluding hydrogens is 515 g/mol. The minimum absolute atomic E-state index is 0.163. The van der Waals surface area contributed by atoms with Crippen LogP contribution in [0, 0.1) is 11.8 Å². The monoisotopic (exact) mass is 534 g/mol. The van der Waals surface area contributed by atoms with E-state index in [1.165, 1.54) is 0 Å². The maximum absolute atomic E-state index is 13.5. The van der Waals surface area contributed by atoms with Gasteiger partial charge in [-0.3, -0.25) is 24.1 Å². The highest BCUT2D eigenvalue weighted by Crippen LogP contribution is 2.60. The first-order valence-electron chi connectivity index (χ1n) is 11.8. The second-order valence-electron chi connectivity index (χ2n) is 9.34. The first-order valence-corrected chi connectivity index (χ1v) is 12.5.